The van der Waals surface area contributed by atoms with Crippen LogP contribution >= 0.6 is 0 Å². The first-order valence-corrected chi connectivity index (χ1v) is 10.2. The number of ether oxygens (including phenoxy) is 2. The Morgan fingerprint density at radius 2 is 1.69 bits per heavy atom. The van der Waals surface area contributed by atoms with Crippen LogP contribution in [0.25, 0.3) is 0 Å². The zero-order chi connectivity index (χ0) is 21.3. The van der Waals surface area contributed by atoms with Gasteiger partial charge in [0.25, 0.3) is 5.91 Å². The molecule has 0 atom stereocenters. The number of benzene rings is 2. The van der Waals surface area contributed by atoms with Crippen molar-refractivity contribution in [1.29, 1.82) is 0 Å². The molecule has 0 aliphatic rings. The van der Waals surface area contributed by atoms with E-state index in [4.69, 9.17) is 15.2 Å². The first kappa shape index (κ1) is 22.3. The highest BCUT2D eigenvalue weighted by Crippen LogP contribution is 2.16. The molecule has 2 aromatic carbocycles. The van der Waals surface area contributed by atoms with E-state index in [0.717, 1.165) is 5.56 Å². The van der Waals surface area contributed by atoms with Gasteiger partial charge in [-0.3, -0.25) is 9.59 Å². The van der Waals surface area contributed by atoms with Crippen molar-refractivity contribution >= 4 is 27.5 Å². The zero-order valence-corrected chi connectivity index (χ0v) is 16.7. The van der Waals surface area contributed by atoms with Gasteiger partial charge in [-0.2, -0.15) is 0 Å². The van der Waals surface area contributed by atoms with Crippen molar-refractivity contribution in [2.75, 3.05) is 32.2 Å². The van der Waals surface area contributed by atoms with Crippen LogP contribution in [0.1, 0.15) is 5.56 Å². The predicted octanol–water partition coefficient (Wildman–Crippen LogP) is 0.657. The number of hydrogen-bond donors (Lipinski definition) is 3. The maximum atomic E-state index is 12.1. The van der Waals surface area contributed by atoms with E-state index in [1.165, 1.54) is 31.4 Å². The third-order valence-corrected chi connectivity index (χ3v) is 5.20. The molecule has 0 aliphatic heterocycles. The Morgan fingerprint density at radius 3 is 2.28 bits per heavy atom. The summed E-state index contributed by atoms with van der Waals surface area (Å²) in [5, 5.41) is 2.66. The van der Waals surface area contributed by atoms with Crippen molar-refractivity contribution in [2.24, 2.45) is 5.73 Å². The van der Waals surface area contributed by atoms with E-state index in [9.17, 15) is 18.0 Å². The van der Waals surface area contributed by atoms with Crippen LogP contribution in [0, 0.1) is 0 Å². The molecule has 0 saturated carbocycles. The van der Waals surface area contributed by atoms with E-state index in [1.807, 2.05) is 0 Å². The van der Waals surface area contributed by atoms with Crippen molar-refractivity contribution in [2.45, 2.75) is 11.3 Å². The Balaban J connectivity index is 1.84. The van der Waals surface area contributed by atoms with E-state index < -0.39 is 15.9 Å². The molecule has 0 fully saturated rings. The minimum atomic E-state index is -3.63. The van der Waals surface area contributed by atoms with Crippen LogP contribution in [0.15, 0.2) is 53.4 Å². The molecule has 156 valence electrons. The molecule has 9 nitrogen and oxygen atoms in total. The lowest BCUT2D eigenvalue weighted by molar-refractivity contribution is -0.118. The molecule has 0 saturated heterocycles. The molecule has 2 aromatic rings. The smallest absolute Gasteiger partial charge is 0.262 e. The average molecular weight is 421 g/mol. The number of carbonyl (C=O) groups is 2. The van der Waals surface area contributed by atoms with Crippen molar-refractivity contribution in [1.82, 2.24) is 4.72 Å². The standard InChI is InChI=1S/C19H23N3O6S/c1-27-11-10-21-29(25,26)17-8-6-16(7-9-17)28-13-19(24)22-15-4-2-14(3-5-15)12-18(20)23/h2-9,21H,10-13H2,1H3,(H2,20,23)(H,22,24). The third kappa shape index (κ3) is 7.53. The summed E-state index contributed by atoms with van der Waals surface area (Å²) in [6.45, 7) is 0.186. The molecular weight excluding hydrogens is 398 g/mol. The van der Waals surface area contributed by atoms with E-state index in [2.05, 4.69) is 10.0 Å². The van der Waals surface area contributed by atoms with Crippen molar-refractivity contribution in [3.05, 3.63) is 54.1 Å². The van der Waals surface area contributed by atoms with Crippen LogP contribution in [-0.4, -0.2) is 47.1 Å². The molecule has 0 aromatic heterocycles. The molecule has 4 N–H and O–H groups in total. The first-order chi connectivity index (χ1) is 13.8. The number of sulfonamides is 1. The van der Waals surface area contributed by atoms with Gasteiger partial charge in [-0.15, -0.1) is 0 Å². The fraction of sp³-hybridized carbons (Fsp3) is 0.263. The maximum Gasteiger partial charge on any atom is 0.262 e. The second kappa shape index (κ2) is 10.6. The van der Waals surface area contributed by atoms with Gasteiger partial charge >= 0.3 is 0 Å². The second-order valence-electron chi connectivity index (χ2n) is 6.04. The van der Waals surface area contributed by atoms with Crippen molar-refractivity contribution in [3.8, 4) is 5.75 Å². The molecule has 2 rings (SSSR count). The van der Waals surface area contributed by atoms with Gasteiger partial charge < -0.3 is 20.5 Å². The number of nitrogens with two attached hydrogens (primary N) is 1. The van der Waals surface area contributed by atoms with Gasteiger partial charge in [0.1, 0.15) is 5.75 Å². The van der Waals surface area contributed by atoms with Crippen LogP contribution in [0.3, 0.4) is 0 Å². The topological polar surface area (TPSA) is 137 Å². The average Bonchev–Trinajstić information content (AvgIpc) is 2.68. The molecule has 0 spiro atoms. The monoisotopic (exact) mass is 421 g/mol. The minimum absolute atomic E-state index is 0.0847. The van der Waals surface area contributed by atoms with E-state index >= 15 is 0 Å². The van der Waals surface area contributed by atoms with Crippen LogP contribution in [0.5, 0.6) is 5.75 Å². The van der Waals surface area contributed by atoms with Gasteiger partial charge in [-0.05, 0) is 42.0 Å². The molecule has 0 bridgehead atoms. The second-order valence-corrected chi connectivity index (χ2v) is 7.81. The van der Waals surface area contributed by atoms with Crippen LogP contribution in [-0.2, 0) is 30.8 Å². The molecule has 29 heavy (non-hydrogen) atoms. The summed E-state index contributed by atoms with van der Waals surface area (Å²) >= 11 is 0. The maximum absolute atomic E-state index is 12.1. The van der Waals surface area contributed by atoms with Crippen LogP contribution in [0.4, 0.5) is 5.69 Å². The van der Waals surface area contributed by atoms with E-state index in [0.29, 0.717) is 11.4 Å². The number of anilines is 1. The summed E-state index contributed by atoms with van der Waals surface area (Å²) in [6, 6.07) is 12.4. The Morgan fingerprint density at radius 1 is 1.03 bits per heavy atom. The van der Waals surface area contributed by atoms with E-state index in [-0.39, 0.29) is 37.0 Å². The van der Waals surface area contributed by atoms with Gasteiger partial charge in [-0.1, -0.05) is 12.1 Å². The van der Waals surface area contributed by atoms with Gasteiger partial charge in [0, 0.05) is 19.3 Å². The highest BCUT2D eigenvalue weighted by molar-refractivity contribution is 7.89. The number of rotatable bonds is 11. The summed E-state index contributed by atoms with van der Waals surface area (Å²) < 4.78 is 36.7. The van der Waals surface area contributed by atoms with Crippen molar-refractivity contribution < 1.29 is 27.5 Å². The first-order valence-electron chi connectivity index (χ1n) is 8.69. The third-order valence-electron chi connectivity index (χ3n) is 3.72. The minimum Gasteiger partial charge on any atom is -0.484 e. The zero-order valence-electron chi connectivity index (χ0n) is 15.9. The number of methoxy groups -OCH3 is 1. The van der Waals surface area contributed by atoms with Crippen LogP contribution in [0.2, 0.25) is 0 Å². The molecule has 0 radical (unpaired) electrons. The lowest BCUT2D eigenvalue weighted by Gasteiger charge is -2.09. The number of hydrogen-bond acceptors (Lipinski definition) is 6. The quantitative estimate of drug-likeness (QED) is 0.456. The Kier molecular flexibility index (Phi) is 8.13. The summed E-state index contributed by atoms with van der Waals surface area (Å²) in [6.07, 6.45) is 0.130. The highest BCUT2D eigenvalue weighted by atomic mass is 32.2. The molecular formula is C19H23N3O6S. The summed E-state index contributed by atoms with van der Waals surface area (Å²) in [4.78, 5) is 23.0. The number of primary amides is 1. The molecule has 0 aliphatic carbocycles. The number of amides is 2. The summed E-state index contributed by atoms with van der Waals surface area (Å²) in [5.74, 6) is -0.460. The molecule has 0 unspecified atom stereocenters. The van der Waals surface area contributed by atoms with Gasteiger partial charge in [0.05, 0.1) is 17.9 Å². The summed E-state index contributed by atoms with van der Waals surface area (Å²) in [5.41, 5.74) is 6.43. The molecule has 10 heteroatoms. The van der Waals surface area contributed by atoms with Gasteiger partial charge in [0.2, 0.25) is 15.9 Å². The van der Waals surface area contributed by atoms with Crippen molar-refractivity contribution in [3.63, 3.8) is 0 Å². The number of carbonyl (C=O) groups excluding carboxylic acids is 2. The lowest BCUT2D eigenvalue weighted by Crippen LogP contribution is -2.27. The van der Waals surface area contributed by atoms with E-state index in [1.54, 1.807) is 24.3 Å². The molecule has 0 heterocycles. The van der Waals surface area contributed by atoms with Crippen LogP contribution < -0.4 is 20.5 Å². The fourth-order valence-corrected chi connectivity index (χ4v) is 3.34. The lowest BCUT2D eigenvalue weighted by atomic mass is 10.1. The molecule has 2 amide bonds. The normalized spacial score (nSPS) is 11.1. The Hall–Kier alpha value is -2.95. The Labute approximate surface area is 169 Å². The SMILES string of the molecule is COCCNS(=O)(=O)c1ccc(OCC(=O)Nc2ccc(CC(N)=O)cc2)cc1. The predicted molar refractivity (Wildman–Crippen MR) is 107 cm³/mol. The van der Waals surface area contributed by atoms with Gasteiger partial charge in [0.15, 0.2) is 6.61 Å². The summed E-state index contributed by atoms with van der Waals surface area (Å²) in [7, 11) is -2.14. The number of nitrogens with one attached hydrogen (secondary N) is 2. The fourth-order valence-electron chi connectivity index (χ4n) is 2.33. The Bertz CT molecular complexity index is 927. The highest BCUT2D eigenvalue weighted by Gasteiger charge is 2.13. The van der Waals surface area contributed by atoms with Gasteiger partial charge in [-0.25, -0.2) is 13.1 Å². The largest absolute Gasteiger partial charge is 0.484 e.